The predicted octanol–water partition coefficient (Wildman–Crippen LogP) is 4.77. The molecule has 0 spiro atoms. The van der Waals surface area contributed by atoms with Crippen LogP contribution in [0, 0.1) is 19.7 Å². The van der Waals surface area contributed by atoms with E-state index in [2.05, 4.69) is 15.4 Å². The molecule has 0 atom stereocenters. The van der Waals surface area contributed by atoms with E-state index in [0.29, 0.717) is 10.7 Å². The van der Waals surface area contributed by atoms with Crippen LogP contribution in [0.3, 0.4) is 0 Å². The van der Waals surface area contributed by atoms with E-state index in [0.717, 1.165) is 21.8 Å². The number of nitrogens with zero attached hydrogens (tertiary/aromatic N) is 3. The molecule has 5 nitrogen and oxygen atoms in total. The maximum absolute atomic E-state index is 13.1. The molecule has 7 heteroatoms. The number of halogens is 1. The van der Waals surface area contributed by atoms with Crippen molar-refractivity contribution in [2.75, 3.05) is 5.32 Å². The molecule has 0 saturated carbocycles. The number of anilines is 1. The van der Waals surface area contributed by atoms with Crippen molar-refractivity contribution in [2.24, 2.45) is 0 Å². The molecule has 3 rings (SSSR count). The fraction of sp³-hybridized carbons (Fsp3) is 0.316. The topological polar surface area (TPSA) is 59.8 Å². The molecule has 2 heterocycles. The Bertz CT molecular complexity index is 951. The van der Waals surface area contributed by atoms with Crippen molar-refractivity contribution < 1.29 is 9.18 Å². The highest BCUT2D eigenvalue weighted by molar-refractivity contribution is 7.16. The van der Waals surface area contributed by atoms with Crippen LogP contribution in [0.25, 0.3) is 11.3 Å². The van der Waals surface area contributed by atoms with E-state index in [1.165, 1.54) is 23.5 Å². The minimum atomic E-state index is -0.290. The fourth-order valence-electron chi connectivity index (χ4n) is 2.80. The summed E-state index contributed by atoms with van der Waals surface area (Å²) < 4.78 is 14.9. The Morgan fingerprint density at radius 2 is 1.85 bits per heavy atom. The minimum Gasteiger partial charge on any atom is -0.298 e. The van der Waals surface area contributed by atoms with Gasteiger partial charge in [-0.1, -0.05) is 0 Å². The summed E-state index contributed by atoms with van der Waals surface area (Å²) >= 11 is 1.39. The van der Waals surface area contributed by atoms with Gasteiger partial charge >= 0.3 is 0 Å². The summed E-state index contributed by atoms with van der Waals surface area (Å²) in [5, 5.41) is 7.69. The second-order valence-electron chi connectivity index (χ2n) is 7.11. The number of thiazole rings is 1. The van der Waals surface area contributed by atoms with E-state index >= 15 is 0 Å². The third-order valence-electron chi connectivity index (χ3n) is 4.02. The van der Waals surface area contributed by atoms with Gasteiger partial charge in [-0.15, -0.1) is 11.3 Å². The Morgan fingerprint density at radius 3 is 2.42 bits per heavy atom. The summed E-state index contributed by atoms with van der Waals surface area (Å²) in [6.45, 7) is 9.91. The van der Waals surface area contributed by atoms with Gasteiger partial charge in [-0.3, -0.25) is 14.8 Å². The number of nitrogens with one attached hydrogen (secondary N) is 1. The van der Waals surface area contributed by atoms with Crippen LogP contribution in [0.15, 0.2) is 30.5 Å². The number of hydrogen-bond acceptors (Lipinski definition) is 4. The number of carbonyl (C=O) groups is 1. The first kappa shape index (κ1) is 18.3. The van der Waals surface area contributed by atoms with E-state index in [1.54, 1.807) is 18.3 Å². The molecule has 0 fully saturated rings. The van der Waals surface area contributed by atoms with Crippen molar-refractivity contribution in [2.45, 2.75) is 40.2 Å². The Kier molecular flexibility index (Phi) is 4.66. The zero-order chi connectivity index (χ0) is 19.1. The largest absolute Gasteiger partial charge is 0.298 e. The summed E-state index contributed by atoms with van der Waals surface area (Å²) in [5.41, 5.74) is 2.69. The number of amides is 1. The molecule has 26 heavy (non-hydrogen) atoms. The van der Waals surface area contributed by atoms with Gasteiger partial charge in [-0.05, 0) is 58.9 Å². The highest BCUT2D eigenvalue weighted by atomic mass is 32.1. The van der Waals surface area contributed by atoms with E-state index in [1.807, 2.05) is 39.3 Å². The van der Waals surface area contributed by atoms with Gasteiger partial charge in [-0.25, -0.2) is 9.37 Å². The molecule has 0 aliphatic heterocycles. The molecule has 2 aromatic heterocycles. The van der Waals surface area contributed by atoms with E-state index in [9.17, 15) is 9.18 Å². The number of carbonyl (C=O) groups excluding carboxylic acids is 1. The van der Waals surface area contributed by atoms with E-state index in [-0.39, 0.29) is 17.3 Å². The van der Waals surface area contributed by atoms with E-state index < -0.39 is 0 Å². The van der Waals surface area contributed by atoms with Gasteiger partial charge in [0, 0.05) is 16.1 Å². The lowest BCUT2D eigenvalue weighted by molar-refractivity contribution is 0.102. The zero-order valence-corrected chi connectivity index (χ0v) is 16.2. The smallest absolute Gasteiger partial charge is 0.260 e. The standard InChI is InChI=1S/C19H21FN4OS/c1-11-15(10-21-24(11)19(3,4)5)17(25)23-18-22-16(12(2)26-18)13-6-8-14(20)9-7-13/h6-10H,1-5H3,(H,22,23,25). The SMILES string of the molecule is Cc1sc(NC(=O)c2cnn(C(C)(C)C)c2C)nc1-c1ccc(F)cc1. The first-order valence-corrected chi connectivity index (χ1v) is 9.08. The van der Waals surface area contributed by atoms with Gasteiger partial charge in [0.15, 0.2) is 5.13 Å². The molecular formula is C19H21FN4OS. The van der Waals surface area contributed by atoms with Crippen molar-refractivity contribution in [3.63, 3.8) is 0 Å². The lowest BCUT2D eigenvalue weighted by atomic mass is 10.1. The molecular weight excluding hydrogens is 351 g/mol. The Hall–Kier alpha value is -2.54. The summed E-state index contributed by atoms with van der Waals surface area (Å²) in [7, 11) is 0. The molecule has 0 aliphatic carbocycles. The van der Waals surface area contributed by atoms with Gasteiger partial charge in [0.1, 0.15) is 5.82 Å². The lowest BCUT2D eigenvalue weighted by Gasteiger charge is -2.21. The van der Waals surface area contributed by atoms with Gasteiger partial charge in [0.05, 0.1) is 23.0 Å². The normalized spacial score (nSPS) is 11.6. The first-order chi connectivity index (χ1) is 12.2. The van der Waals surface area contributed by atoms with Gasteiger partial charge in [0.2, 0.25) is 0 Å². The summed E-state index contributed by atoms with van der Waals surface area (Å²) in [5.74, 6) is -0.529. The second-order valence-corrected chi connectivity index (χ2v) is 8.31. The van der Waals surface area contributed by atoms with Crippen LogP contribution in [0.4, 0.5) is 9.52 Å². The molecule has 0 unspecified atom stereocenters. The molecule has 1 aromatic carbocycles. The summed E-state index contributed by atoms with van der Waals surface area (Å²) in [6, 6.07) is 6.16. The summed E-state index contributed by atoms with van der Waals surface area (Å²) in [4.78, 5) is 18.1. The van der Waals surface area contributed by atoms with Gasteiger partial charge in [0.25, 0.3) is 5.91 Å². The molecule has 1 amide bonds. The number of aromatic nitrogens is 3. The monoisotopic (exact) mass is 372 g/mol. The van der Waals surface area contributed by atoms with Crippen LogP contribution in [0.5, 0.6) is 0 Å². The average Bonchev–Trinajstić information content (AvgIpc) is 3.10. The van der Waals surface area contributed by atoms with Crippen LogP contribution in [0.1, 0.15) is 41.7 Å². The third-order valence-corrected chi connectivity index (χ3v) is 4.91. The van der Waals surface area contributed by atoms with Crippen molar-refractivity contribution in [3.05, 3.63) is 52.4 Å². The Labute approximate surface area is 155 Å². The van der Waals surface area contributed by atoms with Gasteiger partial charge in [-0.2, -0.15) is 5.10 Å². The van der Waals surface area contributed by atoms with Crippen LogP contribution >= 0.6 is 11.3 Å². The lowest BCUT2D eigenvalue weighted by Crippen LogP contribution is -2.25. The quantitative estimate of drug-likeness (QED) is 0.720. The third kappa shape index (κ3) is 3.53. The predicted molar refractivity (Wildman–Crippen MR) is 102 cm³/mol. The first-order valence-electron chi connectivity index (χ1n) is 8.26. The van der Waals surface area contributed by atoms with Crippen molar-refractivity contribution >= 4 is 22.4 Å². The number of aryl methyl sites for hydroxylation is 1. The number of benzene rings is 1. The number of rotatable bonds is 3. The van der Waals surface area contributed by atoms with E-state index in [4.69, 9.17) is 0 Å². The van der Waals surface area contributed by atoms with Gasteiger partial charge < -0.3 is 0 Å². The van der Waals surface area contributed by atoms with Crippen LogP contribution in [-0.2, 0) is 5.54 Å². The highest BCUT2D eigenvalue weighted by Crippen LogP contribution is 2.31. The average molecular weight is 372 g/mol. The van der Waals surface area contributed by atoms with Crippen molar-refractivity contribution in [3.8, 4) is 11.3 Å². The Balaban J connectivity index is 1.84. The minimum absolute atomic E-state index is 0.198. The van der Waals surface area contributed by atoms with Crippen LogP contribution in [0.2, 0.25) is 0 Å². The molecule has 3 aromatic rings. The summed E-state index contributed by atoms with van der Waals surface area (Å²) in [6.07, 6.45) is 1.58. The maximum atomic E-state index is 13.1. The molecule has 0 saturated heterocycles. The molecule has 0 bridgehead atoms. The second kappa shape index (κ2) is 6.64. The van der Waals surface area contributed by atoms with Crippen molar-refractivity contribution in [1.29, 1.82) is 0 Å². The number of hydrogen-bond donors (Lipinski definition) is 1. The Morgan fingerprint density at radius 1 is 1.19 bits per heavy atom. The molecule has 0 aliphatic rings. The van der Waals surface area contributed by atoms with Crippen LogP contribution in [-0.4, -0.2) is 20.7 Å². The van der Waals surface area contributed by atoms with Crippen molar-refractivity contribution in [1.82, 2.24) is 14.8 Å². The maximum Gasteiger partial charge on any atom is 0.260 e. The fourth-order valence-corrected chi connectivity index (χ4v) is 3.63. The highest BCUT2D eigenvalue weighted by Gasteiger charge is 2.22. The molecule has 0 radical (unpaired) electrons. The molecule has 1 N–H and O–H groups in total. The van der Waals surface area contributed by atoms with Crippen LogP contribution < -0.4 is 5.32 Å². The zero-order valence-electron chi connectivity index (χ0n) is 15.4. The molecule has 136 valence electrons.